The van der Waals surface area contributed by atoms with Crippen molar-refractivity contribution in [2.45, 2.75) is 32.8 Å². The maximum Gasteiger partial charge on any atom is 0.240 e. The van der Waals surface area contributed by atoms with Crippen molar-refractivity contribution in [3.05, 3.63) is 0 Å². The lowest BCUT2D eigenvalue weighted by Crippen LogP contribution is -2.49. The van der Waals surface area contributed by atoms with Gasteiger partial charge in [0.2, 0.25) is 5.91 Å². The lowest BCUT2D eigenvalue weighted by molar-refractivity contribution is -0.134. The highest BCUT2D eigenvalue weighted by Gasteiger charge is 2.48. The van der Waals surface area contributed by atoms with E-state index in [2.05, 4.69) is 18.3 Å². The van der Waals surface area contributed by atoms with E-state index in [9.17, 15) is 4.79 Å². The van der Waals surface area contributed by atoms with Crippen LogP contribution in [-0.2, 0) is 9.53 Å². The predicted octanol–water partition coefficient (Wildman–Crippen LogP) is 1.08. The van der Waals surface area contributed by atoms with Gasteiger partial charge in [-0.15, -0.1) is 0 Å². The van der Waals surface area contributed by atoms with Gasteiger partial charge in [-0.3, -0.25) is 4.79 Å². The molecule has 4 heteroatoms. The topological polar surface area (TPSA) is 62.1 Å². The number of rotatable bonds is 4. The highest BCUT2D eigenvalue weighted by Crippen LogP contribution is 2.44. The van der Waals surface area contributed by atoms with E-state index in [1.165, 1.54) is 0 Å². The molecule has 1 unspecified atom stereocenters. The summed E-state index contributed by atoms with van der Waals surface area (Å²) in [6.45, 7) is 4.40. The Hall–Kier alpha value is -1.08. The van der Waals surface area contributed by atoms with Gasteiger partial charge in [0.15, 0.2) is 0 Å². The number of amides is 1. The largest absolute Gasteiger partial charge is 0.380 e. The van der Waals surface area contributed by atoms with E-state index in [-0.39, 0.29) is 12.0 Å². The minimum Gasteiger partial charge on any atom is -0.380 e. The third-order valence-electron chi connectivity index (χ3n) is 2.99. The summed E-state index contributed by atoms with van der Waals surface area (Å²) < 4.78 is 5.02. The zero-order valence-electron chi connectivity index (χ0n) is 9.54. The maximum atomic E-state index is 11.8. The van der Waals surface area contributed by atoms with Crippen LogP contribution in [0.2, 0.25) is 0 Å². The van der Waals surface area contributed by atoms with Crippen molar-refractivity contribution >= 4 is 5.91 Å². The van der Waals surface area contributed by atoms with Crippen LogP contribution >= 0.6 is 0 Å². The number of hydrogen-bond donors (Lipinski definition) is 1. The van der Waals surface area contributed by atoms with Gasteiger partial charge < -0.3 is 10.1 Å². The molecule has 0 aromatic carbocycles. The highest BCUT2D eigenvalue weighted by molar-refractivity contribution is 5.86. The van der Waals surface area contributed by atoms with Gasteiger partial charge in [-0.2, -0.15) is 5.26 Å². The van der Waals surface area contributed by atoms with E-state index >= 15 is 0 Å². The number of methoxy groups -OCH3 is 1. The van der Waals surface area contributed by atoms with Crippen LogP contribution in [0.5, 0.6) is 0 Å². The van der Waals surface area contributed by atoms with Crippen molar-refractivity contribution < 1.29 is 9.53 Å². The Morgan fingerprint density at radius 1 is 1.73 bits per heavy atom. The Labute approximate surface area is 90.6 Å². The highest BCUT2D eigenvalue weighted by atomic mass is 16.5. The fourth-order valence-electron chi connectivity index (χ4n) is 1.95. The molecule has 1 atom stereocenters. The van der Waals surface area contributed by atoms with Crippen molar-refractivity contribution in [1.82, 2.24) is 5.32 Å². The summed E-state index contributed by atoms with van der Waals surface area (Å²) in [6.07, 6.45) is 1.34. The molecule has 0 bridgehead atoms. The Kier molecular flexibility index (Phi) is 3.70. The molecular formula is C11H18N2O2. The monoisotopic (exact) mass is 210 g/mol. The molecule has 1 rings (SSSR count). The van der Waals surface area contributed by atoms with Crippen molar-refractivity contribution in [1.29, 1.82) is 5.26 Å². The Bertz CT molecular complexity index is 277. The van der Waals surface area contributed by atoms with Gasteiger partial charge in [0.1, 0.15) is 5.41 Å². The number of nitrogens with one attached hydrogen (secondary N) is 1. The molecular weight excluding hydrogens is 192 g/mol. The average molecular weight is 210 g/mol. The first-order valence-electron chi connectivity index (χ1n) is 5.26. The second kappa shape index (κ2) is 4.63. The summed E-state index contributed by atoms with van der Waals surface area (Å²) in [5.41, 5.74) is -0.771. The van der Waals surface area contributed by atoms with Gasteiger partial charge >= 0.3 is 0 Å². The molecule has 0 spiro atoms. The standard InChI is InChI=1S/C11H18N2O2/c1-8-4-11(5-8,7-12)10(14)13-6-9(2)15-3/h8-9H,4-6H2,1-3H3,(H,13,14). The van der Waals surface area contributed by atoms with E-state index in [0.717, 1.165) is 0 Å². The molecule has 84 valence electrons. The number of nitrogens with zero attached hydrogens (tertiary/aromatic N) is 1. The van der Waals surface area contributed by atoms with Gasteiger partial charge in [0.25, 0.3) is 0 Å². The normalized spacial score (nSPS) is 31.2. The lowest BCUT2D eigenvalue weighted by Gasteiger charge is -2.39. The van der Waals surface area contributed by atoms with Gasteiger partial charge in [0.05, 0.1) is 12.2 Å². The van der Waals surface area contributed by atoms with Crippen LogP contribution in [0.4, 0.5) is 0 Å². The van der Waals surface area contributed by atoms with Crippen LogP contribution < -0.4 is 5.32 Å². The summed E-state index contributed by atoms with van der Waals surface area (Å²) in [4.78, 5) is 11.8. The zero-order valence-corrected chi connectivity index (χ0v) is 9.54. The van der Waals surface area contributed by atoms with Crippen LogP contribution in [0.3, 0.4) is 0 Å². The van der Waals surface area contributed by atoms with Gasteiger partial charge in [-0.1, -0.05) is 6.92 Å². The van der Waals surface area contributed by atoms with Crippen LogP contribution in [0.25, 0.3) is 0 Å². The SMILES string of the molecule is COC(C)CNC(=O)C1(C#N)CC(C)C1. The van der Waals surface area contributed by atoms with Crippen molar-refractivity contribution in [2.24, 2.45) is 11.3 Å². The van der Waals surface area contributed by atoms with E-state index in [1.54, 1.807) is 7.11 Å². The van der Waals surface area contributed by atoms with Crippen LogP contribution in [0.15, 0.2) is 0 Å². The number of nitriles is 1. The molecule has 0 aromatic rings. The third kappa shape index (κ3) is 2.48. The summed E-state index contributed by atoms with van der Waals surface area (Å²) in [6, 6.07) is 2.13. The van der Waals surface area contributed by atoms with Crippen LogP contribution in [0, 0.1) is 22.7 Å². The first-order valence-corrected chi connectivity index (χ1v) is 5.26. The minimum atomic E-state index is -0.771. The summed E-state index contributed by atoms with van der Waals surface area (Å²) in [5.74, 6) is 0.335. The smallest absolute Gasteiger partial charge is 0.240 e. The first-order chi connectivity index (χ1) is 7.04. The third-order valence-corrected chi connectivity index (χ3v) is 2.99. The fraction of sp³-hybridized carbons (Fsp3) is 0.818. The van der Waals surface area contributed by atoms with Crippen LogP contribution in [0.1, 0.15) is 26.7 Å². The quantitative estimate of drug-likeness (QED) is 0.755. The molecule has 1 N–H and O–H groups in total. The van der Waals surface area contributed by atoms with Gasteiger partial charge in [-0.25, -0.2) is 0 Å². The average Bonchev–Trinajstić information content (AvgIpc) is 2.20. The molecule has 1 aliphatic carbocycles. The minimum absolute atomic E-state index is 0.0119. The lowest BCUT2D eigenvalue weighted by atomic mass is 9.63. The first kappa shape index (κ1) is 12.0. The Morgan fingerprint density at radius 3 is 2.73 bits per heavy atom. The van der Waals surface area contributed by atoms with E-state index in [4.69, 9.17) is 10.00 Å². The number of ether oxygens (including phenoxy) is 1. The fourth-order valence-corrected chi connectivity index (χ4v) is 1.95. The molecule has 1 saturated carbocycles. The molecule has 1 fully saturated rings. The molecule has 1 aliphatic rings. The molecule has 4 nitrogen and oxygen atoms in total. The van der Waals surface area contributed by atoms with Crippen molar-refractivity contribution in [3.8, 4) is 6.07 Å². The van der Waals surface area contributed by atoms with Crippen molar-refractivity contribution in [2.75, 3.05) is 13.7 Å². The molecule has 0 radical (unpaired) electrons. The number of hydrogen-bond acceptors (Lipinski definition) is 3. The summed E-state index contributed by atoms with van der Waals surface area (Å²) in [7, 11) is 1.60. The number of carbonyl (C=O) groups is 1. The maximum absolute atomic E-state index is 11.8. The van der Waals surface area contributed by atoms with Gasteiger partial charge in [-0.05, 0) is 25.7 Å². The Balaban J connectivity index is 2.43. The summed E-state index contributed by atoms with van der Waals surface area (Å²) in [5, 5.41) is 11.8. The molecule has 0 saturated heterocycles. The van der Waals surface area contributed by atoms with Gasteiger partial charge in [0, 0.05) is 13.7 Å². The van der Waals surface area contributed by atoms with E-state index < -0.39 is 5.41 Å². The summed E-state index contributed by atoms with van der Waals surface area (Å²) >= 11 is 0. The number of carbonyl (C=O) groups excluding carboxylic acids is 1. The van der Waals surface area contributed by atoms with E-state index in [1.807, 2.05) is 6.92 Å². The second-order valence-electron chi connectivity index (χ2n) is 4.46. The predicted molar refractivity (Wildman–Crippen MR) is 55.9 cm³/mol. The molecule has 0 aliphatic heterocycles. The molecule has 15 heavy (non-hydrogen) atoms. The van der Waals surface area contributed by atoms with Crippen molar-refractivity contribution in [3.63, 3.8) is 0 Å². The molecule has 1 amide bonds. The second-order valence-corrected chi connectivity index (χ2v) is 4.46. The molecule has 0 heterocycles. The van der Waals surface area contributed by atoms with Crippen LogP contribution in [-0.4, -0.2) is 25.7 Å². The Morgan fingerprint density at radius 2 is 2.33 bits per heavy atom. The molecule has 0 aromatic heterocycles. The zero-order chi connectivity index (χ0) is 11.5. The van der Waals surface area contributed by atoms with E-state index in [0.29, 0.717) is 25.3 Å².